The first-order valence-corrected chi connectivity index (χ1v) is 11.4. The van der Waals surface area contributed by atoms with Crippen molar-refractivity contribution in [1.82, 2.24) is 5.32 Å². The van der Waals surface area contributed by atoms with Gasteiger partial charge in [0.2, 0.25) is 5.91 Å². The molecule has 0 saturated carbocycles. The molecule has 1 aliphatic rings. The molecular weight excluding hydrogens is 382 g/mol. The third-order valence-electron chi connectivity index (χ3n) is 5.61. The van der Waals surface area contributed by atoms with E-state index in [4.69, 9.17) is 4.74 Å². The number of ether oxygens (including phenoxy) is 1. The Bertz CT molecular complexity index is 598. The Morgan fingerprint density at radius 2 is 1.90 bits per heavy atom. The van der Waals surface area contributed by atoms with Crippen molar-refractivity contribution in [1.29, 1.82) is 0 Å². The summed E-state index contributed by atoms with van der Waals surface area (Å²) in [7, 11) is 0. The lowest BCUT2D eigenvalue weighted by Gasteiger charge is -2.18. The molecule has 0 heterocycles. The van der Waals surface area contributed by atoms with Crippen LogP contribution in [0.15, 0.2) is 24.3 Å². The maximum absolute atomic E-state index is 12.2. The van der Waals surface area contributed by atoms with Crippen LogP contribution in [0.3, 0.4) is 0 Å². The summed E-state index contributed by atoms with van der Waals surface area (Å²) in [5, 5.41) is 12.4. The fourth-order valence-electron chi connectivity index (χ4n) is 3.66. The van der Waals surface area contributed by atoms with E-state index < -0.39 is 18.1 Å². The summed E-state index contributed by atoms with van der Waals surface area (Å²) >= 11 is 0. The van der Waals surface area contributed by atoms with Crippen molar-refractivity contribution in [2.75, 3.05) is 6.61 Å². The van der Waals surface area contributed by atoms with Crippen LogP contribution in [-0.4, -0.2) is 35.6 Å². The molecule has 1 aliphatic carbocycles. The molecule has 0 saturated heterocycles. The van der Waals surface area contributed by atoms with Crippen LogP contribution in [0.25, 0.3) is 0 Å². The number of allylic oxidation sites excluding steroid dienone is 3. The predicted molar refractivity (Wildman–Crippen MR) is 118 cm³/mol. The molecule has 0 aromatic heterocycles. The van der Waals surface area contributed by atoms with Crippen LogP contribution in [0.5, 0.6) is 0 Å². The summed E-state index contributed by atoms with van der Waals surface area (Å²) < 4.78 is 4.90. The van der Waals surface area contributed by atoms with Crippen LogP contribution in [0, 0.1) is 17.8 Å². The van der Waals surface area contributed by atoms with Gasteiger partial charge in [0.05, 0.1) is 12.7 Å². The van der Waals surface area contributed by atoms with Gasteiger partial charge in [-0.15, -0.1) is 0 Å². The Kier molecular flexibility index (Phi) is 13.0. The van der Waals surface area contributed by atoms with Crippen molar-refractivity contribution in [3.63, 3.8) is 0 Å². The molecule has 6 nitrogen and oxygen atoms in total. The highest BCUT2D eigenvalue weighted by Crippen LogP contribution is 2.29. The number of carbonyl (C=O) groups is 3. The van der Waals surface area contributed by atoms with Crippen LogP contribution in [0.2, 0.25) is 0 Å². The quantitative estimate of drug-likeness (QED) is 0.313. The molecule has 2 N–H and O–H groups in total. The SMILES string of the molecule is CCCCC(C)[C@H](O)/C=C/[C@H]1C=CC(=O)[C@@H]1CCCCCCCOC(=O)NC(C)=O. The van der Waals surface area contributed by atoms with E-state index >= 15 is 0 Å². The second kappa shape index (κ2) is 14.9. The smallest absolute Gasteiger partial charge is 0.413 e. The van der Waals surface area contributed by atoms with Crippen LogP contribution in [0.1, 0.15) is 78.6 Å². The monoisotopic (exact) mass is 421 g/mol. The van der Waals surface area contributed by atoms with Gasteiger partial charge in [0, 0.05) is 18.8 Å². The van der Waals surface area contributed by atoms with Crippen LogP contribution in [0.4, 0.5) is 4.79 Å². The minimum absolute atomic E-state index is 0.0157. The molecule has 0 aliphatic heterocycles. The Morgan fingerprint density at radius 1 is 1.20 bits per heavy atom. The number of hydrogen-bond acceptors (Lipinski definition) is 5. The Hall–Kier alpha value is -1.95. The van der Waals surface area contributed by atoms with Gasteiger partial charge in [0.15, 0.2) is 5.78 Å². The molecule has 1 rings (SSSR count). The molecule has 30 heavy (non-hydrogen) atoms. The molecule has 4 atom stereocenters. The minimum atomic E-state index is -0.696. The number of aliphatic hydroxyl groups is 1. The van der Waals surface area contributed by atoms with Gasteiger partial charge >= 0.3 is 6.09 Å². The van der Waals surface area contributed by atoms with Crippen molar-refractivity contribution in [3.8, 4) is 0 Å². The first-order chi connectivity index (χ1) is 14.3. The zero-order chi connectivity index (χ0) is 22.4. The van der Waals surface area contributed by atoms with Crippen LogP contribution < -0.4 is 5.32 Å². The van der Waals surface area contributed by atoms with Crippen LogP contribution >= 0.6 is 0 Å². The molecule has 0 spiro atoms. The molecule has 170 valence electrons. The number of rotatable bonds is 14. The number of hydrogen-bond donors (Lipinski definition) is 2. The lowest BCUT2D eigenvalue weighted by molar-refractivity contribution is -0.119. The second-order valence-electron chi connectivity index (χ2n) is 8.31. The van der Waals surface area contributed by atoms with Gasteiger partial charge in [0.25, 0.3) is 0 Å². The first-order valence-electron chi connectivity index (χ1n) is 11.4. The van der Waals surface area contributed by atoms with Crippen molar-refractivity contribution >= 4 is 17.8 Å². The van der Waals surface area contributed by atoms with Gasteiger partial charge < -0.3 is 9.84 Å². The van der Waals surface area contributed by atoms with Gasteiger partial charge in [-0.1, -0.05) is 70.6 Å². The van der Waals surface area contributed by atoms with Crippen molar-refractivity contribution < 1.29 is 24.2 Å². The lowest BCUT2D eigenvalue weighted by atomic mass is 9.88. The lowest BCUT2D eigenvalue weighted by Crippen LogP contribution is -2.28. The first kappa shape index (κ1) is 26.1. The molecule has 0 aromatic carbocycles. The number of unbranched alkanes of at least 4 members (excludes halogenated alkanes) is 5. The Labute approximate surface area is 181 Å². The molecule has 6 heteroatoms. The summed E-state index contributed by atoms with van der Waals surface area (Å²) in [5.74, 6) is 0.0580. The maximum Gasteiger partial charge on any atom is 0.413 e. The average Bonchev–Trinajstić information content (AvgIpc) is 3.05. The number of alkyl carbamates (subject to hydrolysis) is 1. The van der Waals surface area contributed by atoms with Crippen LogP contribution in [-0.2, 0) is 14.3 Å². The molecule has 0 fully saturated rings. The van der Waals surface area contributed by atoms with E-state index in [1.807, 2.05) is 18.2 Å². The van der Waals surface area contributed by atoms with Crippen molar-refractivity contribution in [3.05, 3.63) is 24.3 Å². The fourth-order valence-corrected chi connectivity index (χ4v) is 3.66. The number of nitrogens with one attached hydrogen (secondary N) is 1. The van der Waals surface area contributed by atoms with Gasteiger partial charge in [-0.3, -0.25) is 14.9 Å². The third-order valence-corrected chi connectivity index (χ3v) is 5.61. The Morgan fingerprint density at radius 3 is 2.60 bits per heavy atom. The summed E-state index contributed by atoms with van der Waals surface area (Å²) in [6.07, 6.45) is 15.2. The largest absolute Gasteiger partial charge is 0.449 e. The van der Waals surface area contributed by atoms with Gasteiger partial charge in [0.1, 0.15) is 0 Å². The topological polar surface area (TPSA) is 92.7 Å². The normalized spacial score (nSPS) is 20.5. The van der Waals surface area contributed by atoms with E-state index in [1.165, 1.54) is 6.92 Å². The standard InChI is InChI=1S/C24H39NO5/c1-4-5-11-18(2)22(27)15-13-20-14-16-23(28)21(20)12-9-7-6-8-10-17-30-24(29)25-19(3)26/h13-16,18,20-22,27H,4-12,17H2,1-3H3,(H,25,26,29)/b15-13+/t18?,20-,21+,22+/m0/s1. The van der Waals surface area contributed by atoms with E-state index in [1.54, 1.807) is 6.08 Å². The molecule has 2 amide bonds. The number of ketones is 1. The summed E-state index contributed by atoms with van der Waals surface area (Å²) in [6.45, 7) is 5.79. The minimum Gasteiger partial charge on any atom is -0.449 e. The highest BCUT2D eigenvalue weighted by molar-refractivity contribution is 5.94. The molecule has 0 bridgehead atoms. The van der Waals surface area contributed by atoms with E-state index in [9.17, 15) is 19.5 Å². The number of carbonyl (C=O) groups excluding carboxylic acids is 3. The van der Waals surface area contributed by atoms with Crippen molar-refractivity contribution in [2.24, 2.45) is 17.8 Å². The maximum atomic E-state index is 12.2. The molecule has 0 radical (unpaired) electrons. The zero-order valence-electron chi connectivity index (χ0n) is 18.8. The predicted octanol–water partition coefficient (Wildman–Crippen LogP) is 4.71. The molecule has 0 aromatic rings. The molecule has 1 unspecified atom stereocenters. The Balaban J connectivity index is 2.22. The number of amides is 2. The van der Waals surface area contributed by atoms with E-state index in [0.29, 0.717) is 6.61 Å². The van der Waals surface area contributed by atoms with Crippen molar-refractivity contribution in [2.45, 2.75) is 84.7 Å². The third kappa shape index (κ3) is 10.7. The van der Waals surface area contributed by atoms with E-state index in [0.717, 1.165) is 57.8 Å². The summed E-state index contributed by atoms with van der Waals surface area (Å²) in [5.41, 5.74) is 0. The number of imide groups is 1. The second-order valence-corrected chi connectivity index (χ2v) is 8.31. The highest BCUT2D eigenvalue weighted by atomic mass is 16.5. The highest BCUT2D eigenvalue weighted by Gasteiger charge is 2.27. The van der Waals surface area contributed by atoms with Gasteiger partial charge in [-0.2, -0.15) is 0 Å². The summed E-state index contributed by atoms with van der Waals surface area (Å²) in [4.78, 5) is 34.1. The number of aliphatic hydroxyl groups excluding tert-OH is 1. The van der Waals surface area contributed by atoms with E-state index in [2.05, 4.69) is 19.2 Å². The zero-order valence-corrected chi connectivity index (χ0v) is 18.8. The van der Waals surface area contributed by atoms with E-state index in [-0.39, 0.29) is 23.5 Å². The fraction of sp³-hybridized carbons (Fsp3) is 0.708. The van der Waals surface area contributed by atoms with Gasteiger partial charge in [-0.25, -0.2) is 4.79 Å². The molecular formula is C24H39NO5. The van der Waals surface area contributed by atoms with Gasteiger partial charge in [-0.05, 0) is 31.3 Å². The average molecular weight is 422 g/mol. The summed E-state index contributed by atoms with van der Waals surface area (Å²) in [6, 6.07) is 0.